The summed E-state index contributed by atoms with van der Waals surface area (Å²) in [7, 11) is 1.60. The van der Waals surface area contributed by atoms with E-state index in [1.807, 2.05) is 60.7 Å². The van der Waals surface area contributed by atoms with Gasteiger partial charge < -0.3 is 14.5 Å². The summed E-state index contributed by atoms with van der Waals surface area (Å²) >= 11 is 0. The molecule has 0 saturated carbocycles. The molecule has 1 aromatic heterocycles. The third kappa shape index (κ3) is 3.64. The standard InChI is InChI=1S/C23H18N2O3/c1-27-19-14-12-18(13-15-19)24-22(26)20-21(16-8-4-2-5-9-16)28-23(25-20)17-10-6-3-7-11-17/h2-15H,1H3,(H,24,26). The number of oxazole rings is 1. The van der Waals surface area contributed by atoms with E-state index in [1.54, 1.807) is 31.4 Å². The molecule has 3 aromatic carbocycles. The first kappa shape index (κ1) is 17.5. The van der Waals surface area contributed by atoms with E-state index in [9.17, 15) is 4.79 Å². The van der Waals surface area contributed by atoms with E-state index < -0.39 is 0 Å². The van der Waals surface area contributed by atoms with Crippen molar-refractivity contribution in [1.29, 1.82) is 0 Å². The van der Waals surface area contributed by atoms with Gasteiger partial charge in [0, 0.05) is 16.8 Å². The smallest absolute Gasteiger partial charge is 0.278 e. The largest absolute Gasteiger partial charge is 0.497 e. The Morgan fingerprint density at radius 2 is 1.46 bits per heavy atom. The molecule has 0 aliphatic rings. The second kappa shape index (κ2) is 7.80. The molecule has 0 bridgehead atoms. The van der Waals surface area contributed by atoms with Crippen LogP contribution in [0.3, 0.4) is 0 Å². The lowest BCUT2D eigenvalue weighted by Crippen LogP contribution is -2.13. The number of nitrogens with one attached hydrogen (secondary N) is 1. The number of carbonyl (C=O) groups excluding carboxylic acids is 1. The van der Waals surface area contributed by atoms with Gasteiger partial charge in [-0.25, -0.2) is 4.98 Å². The van der Waals surface area contributed by atoms with Crippen LogP contribution in [0.4, 0.5) is 5.69 Å². The quantitative estimate of drug-likeness (QED) is 0.520. The van der Waals surface area contributed by atoms with Crippen molar-refractivity contribution in [2.45, 2.75) is 0 Å². The van der Waals surface area contributed by atoms with Gasteiger partial charge in [-0.3, -0.25) is 4.79 Å². The Hall–Kier alpha value is -3.86. The minimum Gasteiger partial charge on any atom is -0.497 e. The van der Waals surface area contributed by atoms with Crippen molar-refractivity contribution < 1.29 is 13.9 Å². The van der Waals surface area contributed by atoms with Gasteiger partial charge in [-0.05, 0) is 36.4 Å². The maximum atomic E-state index is 12.9. The molecule has 0 atom stereocenters. The number of nitrogens with zero attached hydrogens (tertiary/aromatic N) is 1. The number of ether oxygens (including phenoxy) is 1. The second-order valence-electron chi connectivity index (χ2n) is 6.11. The molecule has 5 nitrogen and oxygen atoms in total. The SMILES string of the molecule is COc1ccc(NC(=O)c2nc(-c3ccccc3)oc2-c2ccccc2)cc1. The third-order valence-electron chi connectivity index (χ3n) is 4.25. The van der Waals surface area contributed by atoms with Crippen molar-refractivity contribution in [3.05, 3.63) is 90.6 Å². The lowest BCUT2D eigenvalue weighted by atomic mass is 10.1. The highest BCUT2D eigenvalue weighted by molar-refractivity contribution is 6.06. The molecular weight excluding hydrogens is 352 g/mol. The van der Waals surface area contributed by atoms with Crippen molar-refractivity contribution in [2.75, 3.05) is 12.4 Å². The van der Waals surface area contributed by atoms with Gasteiger partial charge in [0.05, 0.1) is 7.11 Å². The Morgan fingerprint density at radius 1 is 0.857 bits per heavy atom. The first-order valence-electron chi connectivity index (χ1n) is 8.81. The molecule has 1 amide bonds. The van der Waals surface area contributed by atoms with Crippen LogP contribution in [0.1, 0.15) is 10.5 Å². The van der Waals surface area contributed by atoms with Crippen LogP contribution in [0.15, 0.2) is 89.3 Å². The zero-order chi connectivity index (χ0) is 19.3. The Kier molecular flexibility index (Phi) is 4.89. The fraction of sp³-hybridized carbons (Fsp3) is 0.0435. The molecule has 0 unspecified atom stereocenters. The van der Waals surface area contributed by atoms with Gasteiger partial charge in [0.2, 0.25) is 5.89 Å². The van der Waals surface area contributed by atoms with Crippen LogP contribution in [0.25, 0.3) is 22.8 Å². The predicted octanol–water partition coefficient (Wildman–Crippen LogP) is 5.27. The molecule has 0 aliphatic heterocycles. The molecule has 4 rings (SSSR count). The van der Waals surface area contributed by atoms with Gasteiger partial charge in [-0.2, -0.15) is 0 Å². The second-order valence-corrected chi connectivity index (χ2v) is 6.11. The summed E-state index contributed by atoms with van der Waals surface area (Å²) < 4.78 is 11.1. The number of aromatic nitrogens is 1. The molecule has 0 fully saturated rings. The van der Waals surface area contributed by atoms with Crippen LogP contribution < -0.4 is 10.1 Å². The van der Waals surface area contributed by atoms with Gasteiger partial charge in [0.25, 0.3) is 5.91 Å². The lowest BCUT2D eigenvalue weighted by Gasteiger charge is -2.05. The summed E-state index contributed by atoms with van der Waals surface area (Å²) in [5.41, 5.74) is 2.48. The first-order chi connectivity index (χ1) is 13.7. The topological polar surface area (TPSA) is 64.4 Å². The van der Waals surface area contributed by atoms with Gasteiger partial charge in [0.15, 0.2) is 11.5 Å². The lowest BCUT2D eigenvalue weighted by molar-refractivity contribution is 0.102. The predicted molar refractivity (Wildman–Crippen MR) is 108 cm³/mol. The minimum atomic E-state index is -0.338. The highest BCUT2D eigenvalue weighted by Crippen LogP contribution is 2.30. The molecule has 5 heteroatoms. The van der Waals surface area contributed by atoms with Gasteiger partial charge in [-0.1, -0.05) is 48.5 Å². The Labute approximate surface area is 162 Å². The summed E-state index contributed by atoms with van der Waals surface area (Å²) in [5.74, 6) is 1.22. The zero-order valence-electron chi connectivity index (χ0n) is 15.3. The molecule has 0 radical (unpaired) electrons. The fourth-order valence-corrected chi connectivity index (χ4v) is 2.83. The van der Waals surface area contributed by atoms with Crippen molar-refractivity contribution in [1.82, 2.24) is 4.98 Å². The number of amides is 1. The van der Waals surface area contributed by atoms with Crippen LogP contribution in [-0.4, -0.2) is 18.0 Å². The summed E-state index contributed by atoms with van der Waals surface area (Å²) in [6.45, 7) is 0. The van der Waals surface area contributed by atoms with Crippen molar-refractivity contribution in [3.63, 3.8) is 0 Å². The molecule has 0 aliphatic carbocycles. The Balaban J connectivity index is 1.71. The molecule has 0 spiro atoms. The summed E-state index contributed by atoms with van der Waals surface area (Å²) in [6.07, 6.45) is 0. The molecular formula is C23H18N2O3. The van der Waals surface area contributed by atoms with E-state index in [2.05, 4.69) is 10.3 Å². The number of rotatable bonds is 5. The first-order valence-corrected chi connectivity index (χ1v) is 8.81. The number of carbonyl (C=O) groups is 1. The maximum Gasteiger partial charge on any atom is 0.278 e. The molecule has 138 valence electrons. The molecule has 4 aromatic rings. The maximum absolute atomic E-state index is 12.9. The van der Waals surface area contributed by atoms with E-state index in [4.69, 9.17) is 9.15 Å². The van der Waals surface area contributed by atoms with E-state index in [0.29, 0.717) is 17.3 Å². The summed E-state index contributed by atoms with van der Waals surface area (Å²) in [5, 5.41) is 2.87. The van der Waals surface area contributed by atoms with Crippen molar-refractivity contribution >= 4 is 11.6 Å². The number of hydrogen-bond acceptors (Lipinski definition) is 4. The summed E-state index contributed by atoms with van der Waals surface area (Å²) in [4.78, 5) is 17.4. The highest BCUT2D eigenvalue weighted by Gasteiger charge is 2.22. The van der Waals surface area contributed by atoms with Crippen molar-refractivity contribution in [2.24, 2.45) is 0 Å². The van der Waals surface area contributed by atoms with Gasteiger partial charge in [-0.15, -0.1) is 0 Å². The van der Waals surface area contributed by atoms with Crippen molar-refractivity contribution in [3.8, 4) is 28.5 Å². The van der Waals surface area contributed by atoms with Crippen LogP contribution in [-0.2, 0) is 0 Å². The van der Waals surface area contributed by atoms with E-state index >= 15 is 0 Å². The Morgan fingerprint density at radius 3 is 2.07 bits per heavy atom. The number of methoxy groups -OCH3 is 1. The van der Waals surface area contributed by atoms with E-state index in [0.717, 1.165) is 16.9 Å². The molecule has 1 heterocycles. The average Bonchev–Trinajstić information content (AvgIpc) is 3.21. The molecule has 1 N–H and O–H groups in total. The fourth-order valence-electron chi connectivity index (χ4n) is 2.83. The minimum absolute atomic E-state index is 0.237. The third-order valence-corrected chi connectivity index (χ3v) is 4.25. The van der Waals surface area contributed by atoms with Gasteiger partial charge >= 0.3 is 0 Å². The number of anilines is 1. The summed E-state index contributed by atoms with van der Waals surface area (Å²) in [6, 6.07) is 26.1. The van der Waals surface area contributed by atoms with Crippen LogP contribution >= 0.6 is 0 Å². The van der Waals surface area contributed by atoms with Crippen LogP contribution in [0, 0.1) is 0 Å². The van der Waals surface area contributed by atoms with Crippen LogP contribution in [0.5, 0.6) is 5.75 Å². The zero-order valence-corrected chi connectivity index (χ0v) is 15.3. The molecule has 0 saturated heterocycles. The van der Waals surface area contributed by atoms with Gasteiger partial charge in [0.1, 0.15) is 5.75 Å². The van der Waals surface area contributed by atoms with E-state index in [1.165, 1.54) is 0 Å². The molecule has 28 heavy (non-hydrogen) atoms. The average molecular weight is 370 g/mol. The highest BCUT2D eigenvalue weighted by atomic mass is 16.5. The normalized spacial score (nSPS) is 10.5. The van der Waals surface area contributed by atoms with Crippen LogP contribution in [0.2, 0.25) is 0 Å². The number of hydrogen-bond donors (Lipinski definition) is 1. The monoisotopic (exact) mass is 370 g/mol. The van der Waals surface area contributed by atoms with E-state index in [-0.39, 0.29) is 11.6 Å². The Bertz CT molecular complexity index is 1070. The number of benzene rings is 3.